The van der Waals surface area contributed by atoms with Crippen LogP contribution in [0.3, 0.4) is 0 Å². The molecule has 1 N–H and O–H groups in total. The van der Waals surface area contributed by atoms with Crippen LogP contribution < -0.4 is 5.32 Å². The van der Waals surface area contributed by atoms with Crippen LogP contribution in [0.2, 0.25) is 5.02 Å². The molecule has 8 heteroatoms. The Bertz CT molecular complexity index is 1060. The molecule has 1 amide bonds. The monoisotopic (exact) mass is 498 g/mol. The van der Waals surface area contributed by atoms with Crippen LogP contribution in [-0.4, -0.2) is 46.3 Å². The number of carbonyl (C=O) groups excluding carboxylic acids is 1. The number of carbonyl (C=O) groups is 1. The summed E-state index contributed by atoms with van der Waals surface area (Å²) in [5, 5.41) is 8.04. The molecule has 0 saturated carbocycles. The fraction of sp³-hybridized carbons (Fsp3) is 0.423. The SMILES string of the molecule is Cc1ccccc1-c1noc(CN2CCC(C(=O)NCCCSCc3ccc(Cl)cc3)CC2)n1. The molecule has 2 heterocycles. The van der Waals surface area contributed by atoms with Gasteiger partial charge in [-0.1, -0.05) is 53.2 Å². The number of halogens is 1. The lowest BCUT2D eigenvalue weighted by Crippen LogP contribution is -2.40. The van der Waals surface area contributed by atoms with Crippen molar-refractivity contribution in [3.8, 4) is 11.4 Å². The highest BCUT2D eigenvalue weighted by molar-refractivity contribution is 7.98. The number of rotatable bonds is 10. The van der Waals surface area contributed by atoms with Gasteiger partial charge in [0.05, 0.1) is 6.54 Å². The molecule has 1 fully saturated rings. The van der Waals surface area contributed by atoms with Crippen LogP contribution in [-0.2, 0) is 17.1 Å². The Labute approximate surface area is 210 Å². The Balaban J connectivity index is 1.11. The van der Waals surface area contributed by atoms with Gasteiger partial charge in [0.15, 0.2) is 0 Å². The number of hydrogen-bond donors (Lipinski definition) is 1. The van der Waals surface area contributed by atoms with Gasteiger partial charge >= 0.3 is 0 Å². The van der Waals surface area contributed by atoms with Crippen molar-refractivity contribution >= 4 is 29.3 Å². The average molecular weight is 499 g/mol. The Morgan fingerprint density at radius 2 is 1.94 bits per heavy atom. The van der Waals surface area contributed by atoms with Crippen molar-refractivity contribution in [2.24, 2.45) is 5.92 Å². The number of thioether (sulfide) groups is 1. The zero-order valence-corrected chi connectivity index (χ0v) is 21.1. The third-order valence-corrected chi connectivity index (χ3v) is 7.48. The molecular formula is C26H31ClN4O2S. The number of nitrogens with zero attached hydrogens (tertiary/aromatic N) is 3. The molecule has 6 nitrogen and oxygen atoms in total. The zero-order chi connectivity index (χ0) is 23.8. The lowest BCUT2D eigenvalue weighted by Gasteiger charge is -2.30. The first-order valence-electron chi connectivity index (χ1n) is 11.8. The molecule has 3 aromatic rings. The number of hydrogen-bond acceptors (Lipinski definition) is 6. The van der Waals surface area contributed by atoms with Crippen molar-refractivity contribution in [2.75, 3.05) is 25.4 Å². The van der Waals surface area contributed by atoms with Gasteiger partial charge in [0.1, 0.15) is 0 Å². The lowest BCUT2D eigenvalue weighted by molar-refractivity contribution is -0.126. The summed E-state index contributed by atoms with van der Waals surface area (Å²) in [7, 11) is 0. The van der Waals surface area contributed by atoms with Crippen LogP contribution in [0.5, 0.6) is 0 Å². The van der Waals surface area contributed by atoms with Gasteiger partial charge in [-0.15, -0.1) is 0 Å². The molecule has 34 heavy (non-hydrogen) atoms. The van der Waals surface area contributed by atoms with E-state index in [9.17, 15) is 4.79 Å². The minimum atomic E-state index is 0.0863. The Morgan fingerprint density at radius 1 is 1.18 bits per heavy atom. The molecule has 1 aliphatic heterocycles. The summed E-state index contributed by atoms with van der Waals surface area (Å²) in [6.07, 6.45) is 2.69. The van der Waals surface area contributed by atoms with E-state index in [0.717, 1.165) is 66.6 Å². The third-order valence-electron chi connectivity index (χ3n) is 6.12. The number of aryl methyl sites for hydroxylation is 1. The van der Waals surface area contributed by atoms with Gasteiger partial charge in [0, 0.05) is 28.8 Å². The van der Waals surface area contributed by atoms with E-state index in [1.165, 1.54) is 5.56 Å². The van der Waals surface area contributed by atoms with Crippen LogP contribution in [0.1, 0.15) is 36.3 Å². The van der Waals surface area contributed by atoms with Crippen LogP contribution in [0, 0.1) is 12.8 Å². The van der Waals surface area contributed by atoms with Crippen LogP contribution in [0.15, 0.2) is 53.1 Å². The maximum atomic E-state index is 12.6. The Kier molecular flexibility index (Phi) is 9.02. The molecule has 0 bridgehead atoms. The van der Waals surface area contributed by atoms with Crippen molar-refractivity contribution in [3.05, 3.63) is 70.6 Å². The first-order valence-corrected chi connectivity index (χ1v) is 13.3. The molecule has 0 radical (unpaired) electrons. The minimum absolute atomic E-state index is 0.0863. The van der Waals surface area contributed by atoms with Gasteiger partial charge in [-0.2, -0.15) is 16.7 Å². The van der Waals surface area contributed by atoms with E-state index in [4.69, 9.17) is 16.1 Å². The van der Waals surface area contributed by atoms with E-state index in [2.05, 4.69) is 32.5 Å². The number of likely N-dealkylation sites (tertiary alicyclic amines) is 1. The summed E-state index contributed by atoms with van der Waals surface area (Å²) in [5.41, 5.74) is 3.40. The van der Waals surface area contributed by atoms with Gasteiger partial charge in [-0.3, -0.25) is 9.69 Å². The average Bonchev–Trinajstić information content (AvgIpc) is 3.31. The van der Waals surface area contributed by atoms with Gasteiger partial charge in [0.25, 0.3) is 0 Å². The molecule has 0 unspecified atom stereocenters. The molecule has 0 spiro atoms. The van der Waals surface area contributed by atoms with Crippen molar-refractivity contribution in [3.63, 3.8) is 0 Å². The second-order valence-corrected chi connectivity index (χ2v) is 10.2. The predicted octanol–water partition coefficient (Wildman–Crippen LogP) is 5.35. The maximum absolute atomic E-state index is 12.6. The maximum Gasteiger partial charge on any atom is 0.241 e. The Hall–Kier alpha value is -2.35. The zero-order valence-electron chi connectivity index (χ0n) is 19.5. The van der Waals surface area contributed by atoms with E-state index in [1.54, 1.807) is 0 Å². The minimum Gasteiger partial charge on any atom is -0.356 e. The molecule has 4 rings (SSSR count). The number of piperidine rings is 1. The highest BCUT2D eigenvalue weighted by Crippen LogP contribution is 2.22. The van der Waals surface area contributed by atoms with Gasteiger partial charge in [0.2, 0.25) is 17.6 Å². The van der Waals surface area contributed by atoms with Crippen LogP contribution in [0.25, 0.3) is 11.4 Å². The van der Waals surface area contributed by atoms with E-state index >= 15 is 0 Å². The van der Waals surface area contributed by atoms with E-state index in [1.807, 2.05) is 55.1 Å². The van der Waals surface area contributed by atoms with Crippen LogP contribution in [0.4, 0.5) is 0 Å². The van der Waals surface area contributed by atoms with Crippen molar-refractivity contribution < 1.29 is 9.32 Å². The molecule has 1 aromatic heterocycles. The first-order chi connectivity index (χ1) is 16.6. The van der Waals surface area contributed by atoms with E-state index in [-0.39, 0.29) is 11.8 Å². The molecule has 180 valence electrons. The highest BCUT2D eigenvalue weighted by atomic mass is 35.5. The number of nitrogens with one attached hydrogen (secondary N) is 1. The second kappa shape index (κ2) is 12.4. The number of amides is 1. The van der Waals surface area contributed by atoms with Gasteiger partial charge in [-0.25, -0.2) is 0 Å². The molecule has 0 atom stereocenters. The van der Waals surface area contributed by atoms with Crippen LogP contribution >= 0.6 is 23.4 Å². The normalized spacial score (nSPS) is 14.9. The lowest BCUT2D eigenvalue weighted by atomic mass is 9.96. The molecular weight excluding hydrogens is 468 g/mol. The summed E-state index contributed by atoms with van der Waals surface area (Å²) >= 11 is 7.80. The highest BCUT2D eigenvalue weighted by Gasteiger charge is 2.25. The quantitative estimate of drug-likeness (QED) is 0.380. The molecule has 1 saturated heterocycles. The summed E-state index contributed by atoms with van der Waals surface area (Å²) in [6.45, 7) is 5.12. The number of benzene rings is 2. The molecule has 1 aliphatic rings. The standard InChI is InChI=1S/C26H31ClN4O2S/c1-19-5-2-3-6-23(19)25-29-24(33-30-25)17-31-14-11-21(12-15-31)26(32)28-13-4-16-34-18-20-7-9-22(27)10-8-20/h2-3,5-10,21H,4,11-18H2,1H3,(H,28,32). The van der Waals surface area contributed by atoms with E-state index in [0.29, 0.717) is 18.3 Å². The summed E-state index contributed by atoms with van der Waals surface area (Å²) < 4.78 is 5.48. The van der Waals surface area contributed by atoms with Gasteiger partial charge < -0.3 is 9.84 Å². The molecule has 0 aliphatic carbocycles. The number of aromatic nitrogens is 2. The first kappa shape index (κ1) is 24.8. The topological polar surface area (TPSA) is 71.3 Å². The van der Waals surface area contributed by atoms with Crippen molar-refractivity contribution in [2.45, 2.75) is 38.5 Å². The van der Waals surface area contributed by atoms with Crippen molar-refractivity contribution in [1.29, 1.82) is 0 Å². The predicted molar refractivity (Wildman–Crippen MR) is 138 cm³/mol. The summed E-state index contributed by atoms with van der Waals surface area (Å²) in [5.74, 6) is 3.52. The Morgan fingerprint density at radius 3 is 2.71 bits per heavy atom. The second-order valence-electron chi connectivity index (χ2n) is 8.70. The smallest absolute Gasteiger partial charge is 0.241 e. The van der Waals surface area contributed by atoms with E-state index < -0.39 is 0 Å². The fourth-order valence-corrected chi connectivity index (χ4v) is 5.14. The fourth-order valence-electron chi connectivity index (χ4n) is 4.10. The summed E-state index contributed by atoms with van der Waals surface area (Å²) in [6, 6.07) is 16.0. The third kappa shape index (κ3) is 7.08. The van der Waals surface area contributed by atoms with Gasteiger partial charge in [-0.05, 0) is 68.3 Å². The largest absolute Gasteiger partial charge is 0.356 e. The van der Waals surface area contributed by atoms with Crippen molar-refractivity contribution in [1.82, 2.24) is 20.4 Å². The molecule has 2 aromatic carbocycles. The summed E-state index contributed by atoms with van der Waals surface area (Å²) in [4.78, 5) is 19.4.